The van der Waals surface area contributed by atoms with Gasteiger partial charge in [0.05, 0.1) is 13.2 Å². The maximum atomic E-state index is 5.46. The lowest BCUT2D eigenvalue weighted by molar-refractivity contribution is 0.123. The molecule has 1 aliphatic carbocycles. The van der Waals surface area contributed by atoms with Gasteiger partial charge in [-0.25, -0.2) is 0 Å². The Bertz CT molecular complexity index is 165. The van der Waals surface area contributed by atoms with E-state index in [1.54, 1.807) is 0 Å². The molecule has 62 valence electrons. The van der Waals surface area contributed by atoms with Crippen LogP contribution in [0.25, 0.3) is 0 Å². The first-order valence-electron chi connectivity index (χ1n) is 4.48. The van der Waals surface area contributed by atoms with Crippen LogP contribution in [0.15, 0.2) is 11.8 Å². The third-order valence-electron chi connectivity index (χ3n) is 2.46. The molecule has 1 unspecified atom stereocenters. The summed E-state index contributed by atoms with van der Waals surface area (Å²) in [7, 11) is 0. The topological polar surface area (TPSA) is 21.3 Å². The molecule has 1 aliphatic heterocycles. The highest BCUT2D eigenvalue weighted by atomic mass is 16.5. The summed E-state index contributed by atoms with van der Waals surface area (Å²) in [6, 6.07) is 0. The Morgan fingerprint density at radius 3 is 3.55 bits per heavy atom. The number of rotatable bonds is 0. The SMILES string of the molecule is C1=C2NCCOCC2CCC1. The van der Waals surface area contributed by atoms with Crippen LogP contribution in [0.3, 0.4) is 0 Å². The van der Waals surface area contributed by atoms with Gasteiger partial charge in [-0.1, -0.05) is 6.08 Å². The Kier molecular flexibility index (Phi) is 2.13. The molecular weight excluding hydrogens is 138 g/mol. The molecule has 0 spiro atoms. The molecule has 0 bridgehead atoms. The van der Waals surface area contributed by atoms with Crippen LogP contribution < -0.4 is 5.32 Å². The van der Waals surface area contributed by atoms with Crippen molar-refractivity contribution in [2.45, 2.75) is 19.3 Å². The number of hydrogen-bond acceptors (Lipinski definition) is 2. The van der Waals surface area contributed by atoms with Crippen LogP contribution in [0.1, 0.15) is 19.3 Å². The second kappa shape index (κ2) is 3.26. The predicted octanol–water partition coefficient (Wildman–Crippen LogP) is 1.29. The van der Waals surface area contributed by atoms with Gasteiger partial charge < -0.3 is 10.1 Å². The molecular formula is C9H15NO. The molecule has 1 atom stereocenters. The van der Waals surface area contributed by atoms with Crippen molar-refractivity contribution in [1.82, 2.24) is 5.32 Å². The fourth-order valence-electron chi connectivity index (χ4n) is 1.83. The molecule has 1 saturated heterocycles. The summed E-state index contributed by atoms with van der Waals surface area (Å²) < 4.78 is 5.46. The third kappa shape index (κ3) is 1.56. The van der Waals surface area contributed by atoms with E-state index in [0.29, 0.717) is 5.92 Å². The summed E-state index contributed by atoms with van der Waals surface area (Å²) in [5.41, 5.74) is 1.44. The predicted molar refractivity (Wildman–Crippen MR) is 44.2 cm³/mol. The van der Waals surface area contributed by atoms with Gasteiger partial charge in [0.25, 0.3) is 0 Å². The van der Waals surface area contributed by atoms with E-state index in [1.165, 1.54) is 25.0 Å². The Hall–Kier alpha value is -0.500. The van der Waals surface area contributed by atoms with E-state index in [4.69, 9.17) is 4.74 Å². The molecule has 1 fully saturated rings. The average Bonchev–Trinajstić information content (AvgIpc) is 2.28. The first-order valence-corrected chi connectivity index (χ1v) is 4.48. The molecule has 2 nitrogen and oxygen atoms in total. The first kappa shape index (κ1) is 7.17. The molecule has 0 aromatic carbocycles. The van der Waals surface area contributed by atoms with Crippen molar-refractivity contribution < 1.29 is 4.74 Å². The zero-order valence-electron chi connectivity index (χ0n) is 6.81. The van der Waals surface area contributed by atoms with Gasteiger partial charge in [-0.2, -0.15) is 0 Å². The van der Waals surface area contributed by atoms with E-state index >= 15 is 0 Å². The Morgan fingerprint density at radius 1 is 1.55 bits per heavy atom. The van der Waals surface area contributed by atoms with Gasteiger partial charge in [-0.3, -0.25) is 0 Å². The highest BCUT2D eigenvalue weighted by molar-refractivity contribution is 5.08. The van der Waals surface area contributed by atoms with Crippen molar-refractivity contribution in [2.24, 2.45) is 5.92 Å². The minimum absolute atomic E-state index is 0.672. The van der Waals surface area contributed by atoms with Crippen LogP contribution >= 0.6 is 0 Å². The van der Waals surface area contributed by atoms with Crippen molar-refractivity contribution in [2.75, 3.05) is 19.8 Å². The zero-order chi connectivity index (χ0) is 7.52. The molecule has 2 heteroatoms. The van der Waals surface area contributed by atoms with E-state index in [2.05, 4.69) is 11.4 Å². The maximum absolute atomic E-state index is 5.46. The third-order valence-corrected chi connectivity index (χ3v) is 2.46. The summed E-state index contributed by atoms with van der Waals surface area (Å²) in [5, 5.41) is 3.42. The van der Waals surface area contributed by atoms with Crippen LogP contribution in [0.2, 0.25) is 0 Å². The average molecular weight is 153 g/mol. The maximum Gasteiger partial charge on any atom is 0.0639 e. The van der Waals surface area contributed by atoms with Gasteiger partial charge in [0.15, 0.2) is 0 Å². The molecule has 0 saturated carbocycles. The Morgan fingerprint density at radius 2 is 2.55 bits per heavy atom. The summed E-state index contributed by atoms with van der Waals surface area (Å²) in [6.07, 6.45) is 6.22. The highest BCUT2D eigenvalue weighted by Gasteiger charge is 2.19. The number of ether oxygens (including phenoxy) is 1. The minimum Gasteiger partial charge on any atom is -0.386 e. The van der Waals surface area contributed by atoms with Crippen molar-refractivity contribution in [3.63, 3.8) is 0 Å². The van der Waals surface area contributed by atoms with E-state index in [9.17, 15) is 0 Å². The first-order chi connectivity index (χ1) is 5.47. The second-order valence-electron chi connectivity index (χ2n) is 3.29. The van der Waals surface area contributed by atoms with Gasteiger partial charge >= 0.3 is 0 Å². The molecule has 1 heterocycles. The molecule has 0 aromatic heterocycles. The monoisotopic (exact) mass is 153 g/mol. The van der Waals surface area contributed by atoms with Crippen LogP contribution in [0.4, 0.5) is 0 Å². The fourth-order valence-corrected chi connectivity index (χ4v) is 1.83. The zero-order valence-corrected chi connectivity index (χ0v) is 6.81. The van der Waals surface area contributed by atoms with Gasteiger partial charge in [-0.15, -0.1) is 0 Å². The second-order valence-corrected chi connectivity index (χ2v) is 3.29. The Labute approximate surface area is 67.6 Å². The number of nitrogens with one attached hydrogen (secondary N) is 1. The smallest absolute Gasteiger partial charge is 0.0639 e. The van der Waals surface area contributed by atoms with Crippen LogP contribution in [-0.2, 0) is 4.74 Å². The number of fused-ring (bicyclic) bond motifs is 1. The summed E-state index contributed by atoms with van der Waals surface area (Å²) >= 11 is 0. The van der Waals surface area contributed by atoms with Crippen molar-refractivity contribution >= 4 is 0 Å². The molecule has 2 aliphatic rings. The van der Waals surface area contributed by atoms with Crippen LogP contribution in [0.5, 0.6) is 0 Å². The van der Waals surface area contributed by atoms with Gasteiger partial charge in [-0.05, 0) is 19.3 Å². The standard InChI is InChI=1S/C9H15NO/c1-2-4-9-8(3-1)7-11-6-5-10-9/h4,8,10H,1-3,5-7H2. The minimum atomic E-state index is 0.672. The summed E-state index contributed by atoms with van der Waals surface area (Å²) in [4.78, 5) is 0. The van der Waals surface area contributed by atoms with Crippen molar-refractivity contribution in [3.05, 3.63) is 11.8 Å². The molecule has 0 radical (unpaired) electrons. The molecule has 0 aromatic rings. The molecule has 2 rings (SSSR count). The molecule has 11 heavy (non-hydrogen) atoms. The highest BCUT2D eigenvalue weighted by Crippen LogP contribution is 2.24. The normalized spacial score (nSPS) is 31.3. The van der Waals surface area contributed by atoms with E-state index < -0.39 is 0 Å². The van der Waals surface area contributed by atoms with Crippen LogP contribution in [0, 0.1) is 5.92 Å². The summed E-state index contributed by atoms with van der Waals surface area (Å²) in [6.45, 7) is 2.79. The van der Waals surface area contributed by atoms with E-state index in [1.807, 2.05) is 0 Å². The quantitative estimate of drug-likeness (QED) is 0.566. The Balaban J connectivity index is 2.07. The fraction of sp³-hybridized carbons (Fsp3) is 0.778. The van der Waals surface area contributed by atoms with Gasteiger partial charge in [0, 0.05) is 18.2 Å². The molecule has 1 N–H and O–H groups in total. The number of allylic oxidation sites excluding steroid dienone is 1. The summed E-state index contributed by atoms with van der Waals surface area (Å²) in [5.74, 6) is 0.672. The lowest BCUT2D eigenvalue weighted by Crippen LogP contribution is -2.22. The lowest BCUT2D eigenvalue weighted by Gasteiger charge is -2.21. The van der Waals surface area contributed by atoms with E-state index in [-0.39, 0.29) is 0 Å². The van der Waals surface area contributed by atoms with E-state index in [0.717, 1.165) is 19.8 Å². The van der Waals surface area contributed by atoms with Gasteiger partial charge in [0.2, 0.25) is 0 Å². The van der Waals surface area contributed by atoms with Crippen molar-refractivity contribution in [3.8, 4) is 0 Å². The lowest BCUT2D eigenvalue weighted by atomic mass is 9.93. The van der Waals surface area contributed by atoms with Crippen LogP contribution in [-0.4, -0.2) is 19.8 Å². The van der Waals surface area contributed by atoms with Gasteiger partial charge in [0.1, 0.15) is 0 Å². The number of hydrogen-bond donors (Lipinski definition) is 1. The van der Waals surface area contributed by atoms with Crippen molar-refractivity contribution in [1.29, 1.82) is 0 Å². The largest absolute Gasteiger partial charge is 0.386 e. The molecule has 0 amide bonds.